The van der Waals surface area contributed by atoms with E-state index < -0.39 is 0 Å². The van der Waals surface area contributed by atoms with Crippen LogP contribution in [0.25, 0.3) is 22.1 Å². The number of anilines is 1. The van der Waals surface area contributed by atoms with Crippen LogP contribution in [0.1, 0.15) is 48.1 Å². The van der Waals surface area contributed by atoms with Crippen molar-refractivity contribution in [3.05, 3.63) is 90.3 Å². The third-order valence-corrected chi connectivity index (χ3v) is 9.27. The topological polar surface area (TPSA) is 103 Å². The highest BCUT2D eigenvalue weighted by Crippen LogP contribution is 2.45. The van der Waals surface area contributed by atoms with Crippen LogP contribution < -0.4 is 5.73 Å². The number of fused-ring (bicyclic) bond motifs is 2. The molecule has 0 radical (unpaired) electrons. The zero-order chi connectivity index (χ0) is 27.1. The second kappa shape index (κ2) is 10.5. The standard InChI is InChI=1S/C31H30N6O2S/c32-31-30-24(14-27(39-30)26-19-40-28-17-33-11-8-23(26)28)25(16-34-31)21-15-35-37(18-21)22-9-12-36(13-10-22)29(38)7-6-20-4-2-1-3-5-20/h1-5,8,11,14-18,22,26H,6-7,9-10,12-13,19H2,(H2,32,34). The number of carbonyl (C=O) groups is 1. The van der Waals surface area contributed by atoms with E-state index in [-0.39, 0.29) is 17.9 Å². The quantitative estimate of drug-likeness (QED) is 0.289. The fraction of sp³-hybridized carbons (Fsp3) is 0.290. The summed E-state index contributed by atoms with van der Waals surface area (Å²) < 4.78 is 8.36. The van der Waals surface area contributed by atoms with Crippen molar-refractivity contribution in [1.29, 1.82) is 0 Å². The van der Waals surface area contributed by atoms with E-state index >= 15 is 0 Å². The van der Waals surface area contributed by atoms with E-state index in [1.807, 2.05) is 52.6 Å². The fourth-order valence-electron chi connectivity index (χ4n) is 5.87. The largest absolute Gasteiger partial charge is 0.456 e. The molecule has 2 aliphatic rings. The minimum Gasteiger partial charge on any atom is -0.456 e. The van der Waals surface area contributed by atoms with Crippen molar-refractivity contribution in [1.82, 2.24) is 24.6 Å². The van der Waals surface area contributed by atoms with Gasteiger partial charge in [0.25, 0.3) is 0 Å². The van der Waals surface area contributed by atoms with Crippen molar-refractivity contribution in [3.8, 4) is 11.1 Å². The highest BCUT2D eigenvalue weighted by atomic mass is 32.2. The Morgan fingerprint density at radius 1 is 1.10 bits per heavy atom. The number of rotatable bonds is 6. The number of pyridine rings is 2. The van der Waals surface area contributed by atoms with Crippen LogP contribution in [0, 0.1) is 0 Å². The lowest BCUT2D eigenvalue weighted by Crippen LogP contribution is -2.39. The van der Waals surface area contributed by atoms with Gasteiger partial charge in [0.15, 0.2) is 11.4 Å². The van der Waals surface area contributed by atoms with Crippen LogP contribution in [0.15, 0.2) is 82.8 Å². The number of nitrogen functional groups attached to an aromatic ring is 1. The van der Waals surface area contributed by atoms with E-state index in [0.717, 1.165) is 60.4 Å². The molecule has 0 saturated carbocycles. The molecular weight excluding hydrogens is 520 g/mol. The third kappa shape index (κ3) is 4.64. The molecule has 0 aliphatic carbocycles. The molecule has 1 atom stereocenters. The second-order valence-corrected chi connectivity index (χ2v) is 11.6. The summed E-state index contributed by atoms with van der Waals surface area (Å²) >= 11 is 1.80. The number of piperidine rings is 1. The van der Waals surface area contributed by atoms with Gasteiger partial charge in [0, 0.05) is 71.5 Å². The van der Waals surface area contributed by atoms with Crippen LogP contribution in [0.5, 0.6) is 0 Å². The Morgan fingerprint density at radius 2 is 1.95 bits per heavy atom. The first kappa shape index (κ1) is 24.9. The fourth-order valence-corrected chi connectivity index (χ4v) is 7.08. The Balaban J connectivity index is 1.06. The maximum atomic E-state index is 12.8. The van der Waals surface area contributed by atoms with Crippen molar-refractivity contribution >= 4 is 34.5 Å². The van der Waals surface area contributed by atoms with Crippen LogP contribution >= 0.6 is 11.8 Å². The third-order valence-electron chi connectivity index (χ3n) is 8.12. The van der Waals surface area contributed by atoms with E-state index in [4.69, 9.17) is 15.2 Å². The molecule has 1 aromatic carbocycles. The number of hydrogen-bond donors (Lipinski definition) is 1. The molecule has 6 heterocycles. The predicted molar refractivity (Wildman–Crippen MR) is 156 cm³/mol. The summed E-state index contributed by atoms with van der Waals surface area (Å²) in [5.74, 6) is 2.59. The summed E-state index contributed by atoms with van der Waals surface area (Å²) in [4.78, 5) is 24.7. The van der Waals surface area contributed by atoms with Gasteiger partial charge < -0.3 is 15.1 Å². The van der Waals surface area contributed by atoms with Crippen molar-refractivity contribution in [2.24, 2.45) is 0 Å². The van der Waals surface area contributed by atoms with E-state index in [0.29, 0.717) is 17.8 Å². The molecule has 8 nitrogen and oxygen atoms in total. The maximum Gasteiger partial charge on any atom is 0.222 e. The Kier molecular flexibility index (Phi) is 6.51. The molecular formula is C31H30N6O2S. The first-order valence-electron chi connectivity index (χ1n) is 13.7. The number of benzene rings is 1. The number of nitrogens with two attached hydrogens (primary N) is 1. The average molecular weight is 551 g/mol. The number of aryl methyl sites for hydroxylation is 1. The molecule has 1 fully saturated rings. The molecule has 9 heteroatoms. The summed E-state index contributed by atoms with van der Waals surface area (Å²) in [6, 6.07) is 14.6. The Hall–Kier alpha value is -4.11. The van der Waals surface area contributed by atoms with Gasteiger partial charge in [0.2, 0.25) is 5.91 Å². The summed E-state index contributed by atoms with van der Waals surface area (Å²) in [5, 5.41) is 5.67. The Morgan fingerprint density at radius 3 is 2.80 bits per heavy atom. The number of aromatic nitrogens is 4. The van der Waals surface area contributed by atoms with Gasteiger partial charge in [-0.25, -0.2) is 4.98 Å². The molecule has 1 saturated heterocycles. The van der Waals surface area contributed by atoms with Crippen LogP contribution in [0.2, 0.25) is 0 Å². The first-order valence-corrected chi connectivity index (χ1v) is 14.7. The molecule has 4 aromatic heterocycles. The van der Waals surface area contributed by atoms with Crippen LogP contribution in [0.3, 0.4) is 0 Å². The smallest absolute Gasteiger partial charge is 0.222 e. The van der Waals surface area contributed by atoms with Crippen LogP contribution in [-0.4, -0.2) is 49.4 Å². The molecule has 1 amide bonds. The summed E-state index contributed by atoms with van der Waals surface area (Å²) in [7, 11) is 0. The molecule has 40 heavy (non-hydrogen) atoms. The van der Waals surface area contributed by atoms with Crippen molar-refractivity contribution in [2.75, 3.05) is 24.6 Å². The van der Waals surface area contributed by atoms with Crippen molar-refractivity contribution in [2.45, 2.75) is 42.5 Å². The zero-order valence-corrected chi connectivity index (χ0v) is 22.9. The van der Waals surface area contributed by atoms with Gasteiger partial charge in [-0.2, -0.15) is 5.10 Å². The second-order valence-electron chi connectivity index (χ2n) is 10.5. The van der Waals surface area contributed by atoms with Crippen LogP contribution in [-0.2, 0) is 11.2 Å². The molecule has 5 aromatic rings. The number of amides is 1. The van der Waals surface area contributed by atoms with E-state index in [2.05, 4.69) is 40.4 Å². The van der Waals surface area contributed by atoms with Gasteiger partial charge in [-0.3, -0.25) is 14.5 Å². The normalized spacial score (nSPS) is 17.4. The summed E-state index contributed by atoms with van der Waals surface area (Å²) in [5.41, 5.74) is 11.3. The van der Waals surface area contributed by atoms with E-state index in [9.17, 15) is 4.79 Å². The van der Waals surface area contributed by atoms with Crippen molar-refractivity contribution < 1.29 is 9.21 Å². The zero-order valence-electron chi connectivity index (χ0n) is 22.1. The SMILES string of the molecule is Nc1ncc(-c2cnn(C3CCN(C(=O)CCc4ccccc4)CC3)c2)c2cc(C3CSc4cnccc43)oc12. The minimum atomic E-state index is 0.158. The number of carbonyl (C=O) groups excluding carboxylic acids is 1. The lowest BCUT2D eigenvalue weighted by molar-refractivity contribution is -0.132. The van der Waals surface area contributed by atoms with Gasteiger partial charge >= 0.3 is 0 Å². The van der Waals surface area contributed by atoms with E-state index in [1.165, 1.54) is 16.0 Å². The van der Waals surface area contributed by atoms with Gasteiger partial charge in [-0.1, -0.05) is 30.3 Å². The molecule has 7 rings (SSSR count). The molecule has 1 unspecified atom stereocenters. The molecule has 2 N–H and O–H groups in total. The number of hydrogen-bond acceptors (Lipinski definition) is 7. The molecule has 2 aliphatic heterocycles. The monoisotopic (exact) mass is 550 g/mol. The summed E-state index contributed by atoms with van der Waals surface area (Å²) in [6.45, 7) is 1.51. The maximum absolute atomic E-state index is 12.8. The first-order chi connectivity index (χ1) is 19.6. The highest BCUT2D eigenvalue weighted by Gasteiger charge is 2.29. The van der Waals surface area contributed by atoms with Gasteiger partial charge in [-0.15, -0.1) is 11.8 Å². The van der Waals surface area contributed by atoms with E-state index in [1.54, 1.807) is 11.8 Å². The lowest BCUT2D eigenvalue weighted by Gasteiger charge is -2.32. The van der Waals surface area contributed by atoms with Gasteiger partial charge in [0.1, 0.15) is 5.76 Å². The molecule has 0 spiro atoms. The van der Waals surface area contributed by atoms with Crippen molar-refractivity contribution in [3.63, 3.8) is 0 Å². The lowest BCUT2D eigenvalue weighted by atomic mass is 9.99. The molecule has 0 bridgehead atoms. The summed E-state index contributed by atoms with van der Waals surface area (Å²) in [6.07, 6.45) is 12.7. The minimum absolute atomic E-state index is 0.158. The number of likely N-dealkylation sites (tertiary alicyclic amines) is 1. The number of thioether (sulfide) groups is 1. The number of nitrogens with zero attached hydrogens (tertiary/aromatic N) is 5. The molecule has 202 valence electrons. The number of furan rings is 1. The predicted octanol–water partition coefficient (Wildman–Crippen LogP) is 5.70. The average Bonchev–Trinajstić information content (AvgIpc) is 3.76. The van der Waals surface area contributed by atoms with Crippen LogP contribution in [0.4, 0.5) is 5.82 Å². The highest BCUT2D eigenvalue weighted by molar-refractivity contribution is 7.99. The van der Waals surface area contributed by atoms with Gasteiger partial charge in [-0.05, 0) is 42.5 Å². The Labute approximate surface area is 236 Å². The van der Waals surface area contributed by atoms with Gasteiger partial charge in [0.05, 0.1) is 18.2 Å². The Bertz CT molecular complexity index is 1670.